The molecule has 1 atom stereocenters. The van der Waals surface area contributed by atoms with Gasteiger partial charge in [0.2, 0.25) is 5.95 Å². The summed E-state index contributed by atoms with van der Waals surface area (Å²) < 4.78 is 55.6. The molecule has 3 N–H and O–H groups in total. The van der Waals surface area contributed by atoms with Crippen LogP contribution in [0.2, 0.25) is 0 Å². The molecule has 1 fully saturated rings. The Bertz CT molecular complexity index is 1020. The molecule has 9 nitrogen and oxygen atoms in total. The predicted octanol–water partition coefficient (Wildman–Crippen LogP) is 3.79. The summed E-state index contributed by atoms with van der Waals surface area (Å²) in [6.45, 7) is 1.93. The van der Waals surface area contributed by atoms with Crippen molar-refractivity contribution < 1.29 is 31.9 Å². The van der Waals surface area contributed by atoms with Crippen molar-refractivity contribution in [3.8, 4) is 0 Å². The van der Waals surface area contributed by atoms with Crippen LogP contribution in [-0.4, -0.2) is 57.9 Å². The number of carbonyl (C=O) groups is 2. The highest BCUT2D eigenvalue weighted by atomic mass is 19.4. The van der Waals surface area contributed by atoms with E-state index in [1.54, 1.807) is 31.5 Å². The van der Waals surface area contributed by atoms with Crippen molar-refractivity contribution in [3.63, 3.8) is 0 Å². The van der Waals surface area contributed by atoms with Gasteiger partial charge in [0.05, 0.1) is 0 Å². The molecule has 0 bridgehead atoms. The SMILES string of the molecule is CC[C@H](F)CNc1ncc(C(=O)NCc2cccnc2)c(NC2CCC(OC(=O)C(F)(F)F)CC2)n1. The number of amides is 1. The van der Waals surface area contributed by atoms with Gasteiger partial charge in [-0.3, -0.25) is 9.78 Å². The Morgan fingerprint density at radius 1 is 1.19 bits per heavy atom. The summed E-state index contributed by atoms with van der Waals surface area (Å²) in [5.41, 5.74) is 0.946. The normalized spacial score (nSPS) is 18.7. The molecule has 36 heavy (non-hydrogen) atoms. The van der Waals surface area contributed by atoms with Gasteiger partial charge in [-0.25, -0.2) is 14.2 Å². The number of pyridine rings is 1. The monoisotopic (exact) mass is 512 g/mol. The van der Waals surface area contributed by atoms with Crippen LogP contribution in [0.15, 0.2) is 30.7 Å². The van der Waals surface area contributed by atoms with Crippen LogP contribution in [-0.2, 0) is 16.1 Å². The lowest BCUT2D eigenvalue weighted by molar-refractivity contribution is -0.206. The van der Waals surface area contributed by atoms with E-state index in [4.69, 9.17) is 0 Å². The van der Waals surface area contributed by atoms with Gasteiger partial charge >= 0.3 is 12.1 Å². The van der Waals surface area contributed by atoms with E-state index in [1.807, 2.05) is 0 Å². The fraction of sp³-hybridized carbons (Fsp3) is 0.522. The summed E-state index contributed by atoms with van der Waals surface area (Å²) in [6.07, 6.45) is -0.866. The van der Waals surface area contributed by atoms with Gasteiger partial charge in [-0.15, -0.1) is 0 Å². The first-order chi connectivity index (χ1) is 17.2. The Kier molecular flexibility index (Phi) is 9.37. The number of esters is 1. The number of ether oxygens (including phenoxy) is 1. The van der Waals surface area contributed by atoms with Crippen molar-refractivity contribution >= 4 is 23.6 Å². The molecule has 3 rings (SSSR count). The zero-order valence-electron chi connectivity index (χ0n) is 19.6. The summed E-state index contributed by atoms with van der Waals surface area (Å²) in [5.74, 6) is -2.31. The van der Waals surface area contributed by atoms with Crippen molar-refractivity contribution in [1.29, 1.82) is 0 Å². The minimum Gasteiger partial charge on any atom is -0.456 e. The van der Waals surface area contributed by atoms with E-state index in [9.17, 15) is 27.2 Å². The molecule has 0 saturated heterocycles. The van der Waals surface area contributed by atoms with Crippen LogP contribution in [0.25, 0.3) is 0 Å². The predicted molar refractivity (Wildman–Crippen MR) is 123 cm³/mol. The Morgan fingerprint density at radius 3 is 2.58 bits per heavy atom. The molecule has 2 aromatic rings. The van der Waals surface area contributed by atoms with Gasteiger partial charge in [0.25, 0.3) is 5.91 Å². The third-order valence-electron chi connectivity index (χ3n) is 5.65. The number of hydrogen-bond donors (Lipinski definition) is 3. The summed E-state index contributed by atoms with van der Waals surface area (Å²) in [6, 6.07) is 3.32. The van der Waals surface area contributed by atoms with Gasteiger partial charge in [0.15, 0.2) is 0 Å². The molecule has 1 saturated carbocycles. The summed E-state index contributed by atoms with van der Waals surface area (Å²) in [5, 5.41) is 8.72. The van der Waals surface area contributed by atoms with Crippen LogP contribution >= 0.6 is 0 Å². The first kappa shape index (κ1) is 27.1. The minimum atomic E-state index is -5.03. The van der Waals surface area contributed by atoms with E-state index in [2.05, 4.69) is 35.6 Å². The Morgan fingerprint density at radius 2 is 1.94 bits per heavy atom. The standard InChI is InChI=1S/C23H28F4N6O3/c1-2-15(24)12-30-22-31-13-18(20(34)29-11-14-4-3-9-28-10-14)19(33-22)32-16-5-7-17(8-6-16)36-21(35)23(25,26)27/h3-4,9-10,13,15-17H,2,5-8,11-12H2,1H3,(H,29,34)(H2,30,31,32,33)/t15-,16?,17?/m0/s1. The Hall–Kier alpha value is -3.51. The highest BCUT2D eigenvalue weighted by Crippen LogP contribution is 2.27. The fourth-order valence-corrected chi connectivity index (χ4v) is 3.61. The first-order valence-corrected chi connectivity index (χ1v) is 11.6. The number of aromatic nitrogens is 3. The Labute approximate surface area is 205 Å². The second kappa shape index (κ2) is 12.5. The molecule has 2 aromatic heterocycles. The molecule has 13 heteroatoms. The molecule has 0 aliphatic heterocycles. The number of rotatable bonds is 10. The van der Waals surface area contributed by atoms with E-state index in [-0.39, 0.29) is 49.3 Å². The summed E-state index contributed by atoms with van der Waals surface area (Å²) in [4.78, 5) is 36.4. The van der Waals surface area contributed by atoms with E-state index in [1.165, 1.54) is 6.20 Å². The molecule has 0 unspecified atom stereocenters. The molecule has 0 spiro atoms. The van der Waals surface area contributed by atoms with E-state index >= 15 is 0 Å². The molecule has 2 heterocycles. The molecule has 0 aromatic carbocycles. The Balaban J connectivity index is 1.67. The lowest BCUT2D eigenvalue weighted by Gasteiger charge is -2.29. The lowest BCUT2D eigenvalue weighted by Crippen LogP contribution is -2.35. The number of anilines is 2. The summed E-state index contributed by atoms with van der Waals surface area (Å²) >= 11 is 0. The second-order valence-corrected chi connectivity index (χ2v) is 8.41. The van der Waals surface area contributed by atoms with E-state index in [0.29, 0.717) is 19.3 Å². The van der Waals surface area contributed by atoms with Crippen molar-refractivity contribution in [2.24, 2.45) is 0 Å². The highest BCUT2D eigenvalue weighted by Gasteiger charge is 2.42. The van der Waals surface area contributed by atoms with Crippen molar-refractivity contribution in [1.82, 2.24) is 20.3 Å². The maximum atomic E-state index is 13.7. The maximum Gasteiger partial charge on any atom is 0.490 e. The number of nitrogens with one attached hydrogen (secondary N) is 3. The lowest BCUT2D eigenvalue weighted by atomic mass is 9.93. The molecule has 0 radical (unpaired) electrons. The molecule has 1 aliphatic carbocycles. The van der Waals surface area contributed by atoms with Crippen LogP contribution in [0.3, 0.4) is 0 Å². The summed E-state index contributed by atoms with van der Waals surface area (Å²) in [7, 11) is 0. The third-order valence-corrected chi connectivity index (χ3v) is 5.65. The number of halogens is 4. The quantitative estimate of drug-likeness (QED) is 0.325. The zero-order valence-corrected chi connectivity index (χ0v) is 19.6. The number of carbonyl (C=O) groups excluding carboxylic acids is 2. The largest absolute Gasteiger partial charge is 0.490 e. The smallest absolute Gasteiger partial charge is 0.456 e. The van der Waals surface area contributed by atoms with Crippen LogP contribution in [0.4, 0.5) is 29.3 Å². The molecular weight excluding hydrogens is 484 g/mol. The highest BCUT2D eigenvalue weighted by molar-refractivity contribution is 5.98. The van der Waals surface area contributed by atoms with E-state index in [0.717, 1.165) is 5.56 Å². The van der Waals surface area contributed by atoms with Crippen molar-refractivity contribution in [2.45, 2.75) is 70.1 Å². The topological polar surface area (TPSA) is 118 Å². The first-order valence-electron chi connectivity index (χ1n) is 11.6. The zero-order chi connectivity index (χ0) is 26.1. The molecular formula is C23H28F4N6O3. The average Bonchev–Trinajstić information content (AvgIpc) is 2.87. The fourth-order valence-electron chi connectivity index (χ4n) is 3.61. The van der Waals surface area contributed by atoms with Crippen LogP contribution in [0, 0.1) is 0 Å². The van der Waals surface area contributed by atoms with Crippen LogP contribution in [0.1, 0.15) is 54.9 Å². The maximum absolute atomic E-state index is 13.7. The van der Waals surface area contributed by atoms with Gasteiger partial charge in [-0.05, 0) is 43.7 Å². The molecule has 1 amide bonds. The molecule has 196 valence electrons. The number of hydrogen-bond acceptors (Lipinski definition) is 8. The van der Waals surface area contributed by atoms with Gasteiger partial charge in [0, 0.05) is 37.7 Å². The van der Waals surface area contributed by atoms with Gasteiger partial charge in [-0.2, -0.15) is 18.2 Å². The van der Waals surface area contributed by atoms with Crippen molar-refractivity contribution in [2.75, 3.05) is 17.2 Å². The van der Waals surface area contributed by atoms with Crippen molar-refractivity contribution in [3.05, 3.63) is 41.9 Å². The van der Waals surface area contributed by atoms with Gasteiger partial charge < -0.3 is 20.7 Å². The second-order valence-electron chi connectivity index (χ2n) is 8.41. The van der Waals surface area contributed by atoms with Crippen LogP contribution in [0.5, 0.6) is 0 Å². The average molecular weight is 513 g/mol. The minimum absolute atomic E-state index is 0.00181. The van der Waals surface area contributed by atoms with Gasteiger partial charge in [-0.1, -0.05) is 13.0 Å². The third kappa shape index (κ3) is 8.02. The van der Waals surface area contributed by atoms with Gasteiger partial charge in [0.1, 0.15) is 23.7 Å². The number of nitrogens with zero attached hydrogens (tertiary/aromatic N) is 3. The number of alkyl halides is 4. The van der Waals surface area contributed by atoms with Crippen LogP contribution < -0.4 is 16.0 Å². The molecule has 1 aliphatic rings. The van der Waals surface area contributed by atoms with E-state index < -0.39 is 30.3 Å².